The lowest BCUT2D eigenvalue weighted by Crippen LogP contribution is -2.32. The third-order valence-electron chi connectivity index (χ3n) is 3.48. The number of benzene rings is 2. The first kappa shape index (κ1) is 20.7. The zero-order valence-corrected chi connectivity index (χ0v) is 16.1. The SMILES string of the molecule is C[C@H](OC(=O)[C@@H](C)Sc1ccc(Cl)cc1)C(=O)Nc1ccccc1[N+](=O)[O-]. The van der Waals surface area contributed by atoms with E-state index >= 15 is 0 Å². The fourth-order valence-electron chi connectivity index (χ4n) is 2.06. The van der Waals surface area contributed by atoms with Crippen LogP contribution in [0.2, 0.25) is 5.02 Å². The van der Waals surface area contributed by atoms with E-state index in [1.54, 1.807) is 37.3 Å². The molecule has 2 aromatic rings. The highest BCUT2D eigenvalue weighted by Crippen LogP contribution is 2.26. The minimum absolute atomic E-state index is 0.0407. The Bertz CT molecular complexity index is 844. The number of esters is 1. The number of amides is 1. The Kier molecular flexibility index (Phi) is 7.20. The molecular weight excluding hydrogens is 392 g/mol. The second-order valence-corrected chi connectivity index (χ2v) is 7.41. The number of hydrogen-bond donors (Lipinski definition) is 1. The molecule has 1 amide bonds. The Balaban J connectivity index is 1.94. The van der Waals surface area contributed by atoms with Crippen LogP contribution in [0.15, 0.2) is 53.4 Å². The molecule has 0 radical (unpaired) electrons. The summed E-state index contributed by atoms with van der Waals surface area (Å²) in [4.78, 5) is 35.6. The number of hydrogen-bond acceptors (Lipinski definition) is 6. The van der Waals surface area contributed by atoms with Crippen molar-refractivity contribution in [3.63, 3.8) is 0 Å². The van der Waals surface area contributed by atoms with Crippen molar-refractivity contribution in [1.29, 1.82) is 0 Å². The number of carbonyl (C=O) groups excluding carboxylic acids is 2. The lowest BCUT2D eigenvalue weighted by Gasteiger charge is -2.16. The van der Waals surface area contributed by atoms with Gasteiger partial charge in [-0.25, -0.2) is 0 Å². The van der Waals surface area contributed by atoms with Crippen molar-refractivity contribution in [3.05, 3.63) is 63.7 Å². The van der Waals surface area contributed by atoms with Gasteiger partial charge in [0.05, 0.1) is 4.92 Å². The normalized spacial score (nSPS) is 12.7. The fraction of sp³-hybridized carbons (Fsp3) is 0.222. The van der Waals surface area contributed by atoms with Gasteiger partial charge in [-0.15, -0.1) is 11.8 Å². The number of rotatable bonds is 7. The molecule has 2 rings (SSSR count). The lowest BCUT2D eigenvalue weighted by atomic mass is 10.2. The number of ether oxygens (including phenoxy) is 1. The second-order valence-electron chi connectivity index (χ2n) is 5.56. The van der Waals surface area contributed by atoms with Gasteiger partial charge in [-0.3, -0.25) is 19.7 Å². The van der Waals surface area contributed by atoms with Crippen LogP contribution in [0, 0.1) is 10.1 Å². The van der Waals surface area contributed by atoms with Gasteiger partial charge in [0.1, 0.15) is 10.9 Å². The van der Waals surface area contributed by atoms with Crippen molar-refractivity contribution in [1.82, 2.24) is 0 Å². The molecule has 7 nitrogen and oxygen atoms in total. The summed E-state index contributed by atoms with van der Waals surface area (Å²) < 4.78 is 5.17. The predicted molar refractivity (Wildman–Crippen MR) is 104 cm³/mol. The van der Waals surface area contributed by atoms with E-state index in [0.717, 1.165) is 4.90 Å². The number of halogens is 1. The topological polar surface area (TPSA) is 98.5 Å². The van der Waals surface area contributed by atoms with Crippen molar-refractivity contribution in [2.75, 3.05) is 5.32 Å². The highest BCUT2D eigenvalue weighted by molar-refractivity contribution is 8.00. The van der Waals surface area contributed by atoms with E-state index in [1.807, 2.05) is 0 Å². The highest BCUT2D eigenvalue weighted by atomic mass is 35.5. The average Bonchev–Trinajstić information content (AvgIpc) is 2.63. The van der Waals surface area contributed by atoms with Crippen LogP contribution in [0.1, 0.15) is 13.8 Å². The van der Waals surface area contributed by atoms with Crippen LogP contribution in [-0.4, -0.2) is 28.2 Å². The quantitative estimate of drug-likeness (QED) is 0.317. The molecule has 0 bridgehead atoms. The number of nitro groups is 1. The summed E-state index contributed by atoms with van der Waals surface area (Å²) in [6.45, 7) is 3.07. The standard InChI is InChI=1S/C18H17ClN2O5S/c1-11(17(22)20-15-5-3-4-6-16(15)21(24)25)26-18(23)12(2)27-14-9-7-13(19)8-10-14/h3-12H,1-2H3,(H,20,22)/t11-,12+/m0/s1. The number of nitrogens with one attached hydrogen (secondary N) is 1. The summed E-state index contributed by atoms with van der Waals surface area (Å²) in [7, 11) is 0. The highest BCUT2D eigenvalue weighted by Gasteiger charge is 2.24. The van der Waals surface area contributed by atoms with Gasteiger partial charge in [-0.2, -0.15) is 0 Å². The van der Waals surface area contributed by atoms with E-state index in [2.05, 4.69) is 5.32 Å². The second kappa shape index (κ2) is 9.38. The molecule has 1 N–H and O–H groups in total. The van der Waals surface area contributed by atoms with Gasteiger partial charge in [0.15, 0.2) is 6.10 Å². The maximum atomic E-state index is 12.2. The van der Waals surface area contributed by atoms with Crippen molar-refractivity contribution >= 4 is 46.6 Å². The predicted octanol–water partition coefficient (Wildman–Crippen LogP) is 4.30. The molecule has 0 fully saturated rings. The molecule has 0 saturated carbocycles. The lowest BCUT2D eigenvalue weighted by molar-refractivity contribution is -0.383. The van der Waals surface area contributed by atoms with Gasteiger partial charge in [0.25, 0.3) is 11.6 Å². The summed E-state index contributed by atoms with van der Waals surface area (Å²) >= 11 is 7.09. The average molecular weight is 409 g/mol. The van der Waals surface area contributed by atoms with Gasteiger partial charge in [-0.1, -0.05) is 23.7 Å². The monoisotopic (exact) mass is 408 g/mol. The Morgan fingerprint density at radius 2 is 1.78 bits per heavy atom. The Morgan fingerprint density at radius 3 is 2.41 bits per heavy atom. The Labute approximate surface area is 165 Å². The summed E-state index contributed by atoms with van der Waals surface area (Å²) in [5.74, 6) is -1.22. The van der Waals surface area contributed by atoms with Crippen LogP contribution < -0.4 is 5.32 Å². The maximum Gasteiger partial charge on any atom is 0.319 e. The van der Waals surface area contributed by atoms with Crippen LogP contribution >= 0.6 is 23.4 Å². The van der Waals surface area contributed by atoms with Gasteiger partial charge in [0, 0.05) is 16.0 Å². The number of carbonyl (C=O) groups is 2. The molecule has 0 aromatic heterocycles. The van der Waals surface area contributed by atoms with E-state index < -0.39 is 28.2 Å². The van der Waals surface area contributed by atoms with Crippen LogP contribution in [0.25, 0.3) is 0 Å². The number of nitro benzene ring substituents is 1. The third-order valence-corrected chi connectivity index (χ3v) is 4.82. The summed E-state index contributed by atoms with van der Waals surface area (Å²) in [6, 6.07) is 12.7. The number of nitrogens with zero attached hydrogens (tertiary/aromatic N) is 1. The summed E-state index contributed by atoms with van der Waals surface area (Å²) in [5.41, 5.74) is -0.199. The van der Waals surface area contributed by atoms with Crippen LogP contribution in [0.4, 0.5) is 11.4 Å². The minimum atomic E-state index is -1.11. The molecule has 0 spiro atoms. The fourth-order valence-corrected chi connectivity index (χ4v) is 3.04. The molecule has 0 aliphatic heterocycles. The molecule has 0 unspecified atom stereocenters. The number of anilines is 1. The zero-order valence-electron chi connectivity index (χ0n) is 14.5. The van der Waals surface area contributed by atoms with Crippen molar-refractivity contribution in [2.24, 2.45) is 0 Å². The molecule has 0 aliphatic carbocycles. The van der Waals surface area contributed by atoms with Gasteiger partial charge in [-0.05, 0) is 44.2 Å². The minimum Gasteiger partial charge on any atom is -0.452 e. The van der Waals surface area contributed by atoms with Crippen LogP contribution in [0.3, 0.4) is 0 Å². The Morgan fingerprint density at radius 1 is 1.15 bits per heavy atom. The first-order valence-electron chi connectivity index (χ1n) is 7.95. The van der Waals surface area contributed by atoms with Crippen LogP contribution in [-0.2, 0) is 14.3 Å². The molecule has 27 heavy (non-hydrogen) atoms. The van der Waals surface area contributed by atoms with E-state index in [9.17, 15) is 19.7 Å². The van der Waals surface area contributed by atoms with E-state index in [1.165, 1.54) is 36.9 Å². The number of para-hydroxylation sites is 2. The van der Waals surface area contributed by atoms with Crippen molar-refractivity contribution < 1.29 is 19.2 Å². The summed E-state index contributed by atoms with van der Waals surface area (Å²) in [5, 5.41) is 13.4. The molecule has 9 heteroatoms. The van der Waals surface area contributed by atoms with E-state index in [-0.39, 0.29) is 11.4 Å². The van der Waals surface area contributed by atoms with Gasteiger partial charge < -0.3 is 10.1 Å². The van der Waals surface area contributed by atoms with Crippen LogP contribution in [0.5, 0.6) is 0 Å². The van der Waals surface area contributed by atoms with Gasteiger partial charge in [0.2, 0.25) is 0 Å². The van der Waals surface area contributed by atoms with Crippen molar-refractivity contribution in [2.45, 2.75) is 30.1 Å². The molecule has 0 aliphatic rings. The van der Waals surface area contributed by atoms with E-state index in [0.29, 0.717) is 5.02 Å². The first-order valence-corrected chi connectivity index (χ1v) is 9.20. The molecule has 2 aromatic carbocycles. The van der Waals surface area contributed by atoms with Crippen molar-refractivity contribution in [3.8, 4) is 0 Å². The largest absolute Gasteiger partial charge is 0.452 e. The maximum absolute atomic E-state index is 12.2. The molecule has 2 atom stereocenters. The molecule has 0 saturated heterocycles. The summed E-state index contributed by atoms with van der Waals surface area (Å²) in [6.07, 6.45) is -1.11. The molecule has 0 heterocycles. The molecular formula is C18H17ClN2O5S. The van der Waals surface area contributed by atoms with Gasteiger partial charge >= 0.3 is 5.97 Å². The smallest absolute Gasteiger partial charge is 0.319 e. The first-order chi connectivity index (χ1) is 12.8. The molecule has 142 valence electrons. The van der Waals surface area contributed by atoms with E-state index in [4.69, 9.17) is 16.3 Å². The zero-order chi connectivity index (χ0) is 20.0. The Hall–Kier alpha value is -2.58. The number of thioether (sulfide) groups is 1. The third kappa shape index (κ3) is 5.97.